The van der Waals surface area contributed by atoms with Gasteiger partial charge in [-0.2, -0.15) is 0 Å². The van der Waals surface area contributed by atoms with Crippen LogP contribution in [0.1, 0.15) is 37.3 Å². The number of hydrogen-bond acceptors (Lipinski definition) is 2. The summed E-state index contributed by atoms with van der Waals surface area (Å²) in [6.45, 7) is 4.10. The van der Waals surface area contributed by atoms with E-state index in [9.17, 15) is 4.79 Å². The molecule has 1 aliphatic heterocycles. The zero-order valence-electron chi connectivity index (χ0n) is 12.7. The minimum atomic E-state index is 0.00993. The molecule has 0 saturated carbocycles. The molecule has 1 aromatic carbocycles. The molecule has 21 heavy (non-hydrogen) atoms. The van der Waals surface area contributed by atoms with E-state index in [1.54, 1.807) is 0 Å². The Labute approximate surface area is 126 Å². The van der Waals surface area contributed by atoms with Crippen molar-refractivity contribution in [2.24, 2.45) is 0 Å². The lowest BCUT2D eigenvalue weighted by molar-refractivity contribution is -0.0134. The third-order valence-electron chi connectivity index (χ3n) is 4.52. The highest BCUT2D eigenvalue weighted by Gasteiger charge is 2.24. The van der Waals surface area contributed by atoms with Crippen LogP contribution in [-0.4, -0.2) is 36.7 Å². The van der Waals surface area contributed by atoms with Crippen LogP contribution in [-0.2, 0) is 17.6 Å². The van der Waals surface area contributed by atoms with Crippen LogP contribution in [0.4, 0.5) is 10.5 Å². The first-order valence-electron chi connectivity index (χ1n) is 8.06. The summed E-state index contributed by atoms with van der Waals surface area (Å²) in [5.41, 5.74) is 3.72. The van der Waals surface area contributed by atoms with Crippen LogP contribution in [0, 0.1) is 0 Å². The fourth-order valence-electron chi connectivity index (χ4n) is 3.24. The molecule has 1 unspecified atom stereocenters. The number of benzene rings is 1. The van der Waals surface area contributed by atoms with E-state index in [4.69, 9.17) is 4.74 Å². The fourth-order valence-corrected chi connectivity index (χ4v) is 3.24. The quantitative estimate of drug-likeness (QED) is 0.908. The number of hydrogen-bond donors (Lipinski definition) is 1. The number of morpholine rings is 1. The number of anilines is 1. The second kappa shape index (κ2) is 6.48. The average molecular weight is 288 g/mol. The summed E-state index contributed by atoms with van der Waals surface area (Å²) in [4.78, 5) is 14.3. The molecule has 1 atom stereocenters. The van der Waals surface area contributed by atoms with Gasteiger partial charge in [-0.15, -0.1) is 0 Å². The molecule has 4 nitrogen and oxygen atoms in total. The average Bonchev–Trinajstić information content (AvgIpc) is 2.55. The third kappa shape index (κ3) is 3.21. The number of nitrogens with zero attached hydrogens (tertiary/aromatic N) is 1. The smallest absolute Gasteiger partial charge is 0.322 e. The zero-order valence-corrected chi connectivity index (χ0v) is 12.7. The number of carbonyl (C=O) groups is 1. The fraction of sp³-hybridized carbons (Fsp3) is 0.588. The SMILES string of the molecule is CCC1CN(C(=O)Nc2cccc3c2CCCC3)CCO1. The Balaban J connectivity index is 1.70. The molecule has 0 bridgehead atoms. The van der Waals surface area contributed by atoms with Crippen molar-refractivity contribution in [2.45, 2.75) is 45.1 Å². The largest absolute Gasteiger partial charge is 0.375 e. The normalized spacial score (nSPS) is 21.8. The van der Waals surface area contributed by atoms with Crippen molar-refractivity contribution in [3.8, 4) is 0 Å². The van der Waals surface area contributed by atoms with E-state index in [-0.39, 0.29) is 12.1 Å². The molecule has 1 aliphatic carbocycles. The minimum absolute atomic E-state index is 0.00993. The van der Waals surface area contributed by atoms with Gasteiger partial charge < -0.3 is 15.0 Å². The van der Waals surface area contributed by atoms with Gasteiger partial charge in [-0.3, -0.25) is 0 Å². The van der Waals surface area contributed by atoms with Gasteiger partial charge in [0, 0.05) is 18.8 Å². The van der Waals surface area contributed by atoms with Crippen molar-refractivity contribution >= 4 is 11.7 Å². The van der Waals surface area contributed by atoms with Crippen LogP contribution in [0.15, 0.2) is 18.2 Å². The molecule has 0 aromatic heterocycles. The summed E-state index contributed by atoms with van der Waals surface area (Å²) >= 11 is 0. The first-order valence-corrected chi connectivity index (χ1v) is 8.06. The molecule has 1 heterocycles. The van der Waals surface area contributed by atoms with Crippen molar-refractivity contribution < 1.29 is 9.53 Å². The van der Waals surface area contributed by atoms with Crippen molar-refractivity contribution in [3.05, 3.63) is 29.3 Å². The Hall–Kier alpha value is -1.55. The highest BCUT2D eigenvalue weighted by Crippen LogP contribution is 2.28. The van der Waals surface area contributed by atoms with E-state index in [0.29, 0.717) is 19.7 Å². The number of urea groups is 1. The second-order valence-electron chi connectivity index (χ2n) is 5.93. The van der Waals surface area contributed by atoms with Gasteiger partial charge in [0.25, 0.3) is 0 Å². The third-order valence-corrected chi connectivity index (χ3v) is 4.52. The van der Waals surface area contributed by atoms with E-state index in [1.807, 2.05) is 17.0 Å². The maximum Gasteiger partial charge on any atom is 0.322 e. The molecule has 1 aromatic rings. The van der Waals surface area contributed by atoms with Crippen LogP contribution in [0.3, 0.4) is 0 Å². The maximum atomic E-state index is 12.5. The van der Waals surface area contributed by atoms with Gasteiger partial charge >= 0.3 is 6.03 Å². The summed E-state index contributed by atoms with van der Waals surface area (Å²) in [5, 5.41) is 3.12. The van der Waals surface area contributed by atoms with E-state index < -0.39 is 0 Å². The Bertz CT molecular complexity index is 516. The molecule has 0 radical (unpaired) electrons. The predicted molar refractivity (Wildman–Crippen MR) is 83.7 cm³/mol. The molecular weight excluding hydrogens is 264 g/mol. The lowest BCUT2D eigenvalue weighted by atomic mass is 9.90. The first kappa shape index (κ1) is 14.4. The second-order valence-corrected chi connectivity index (χ2v) is 5.93. The van der Waals surface area contributed by atoms with Gasteiger partial charge in [-0.25, -0.2) is 4.79 Å². The van der Waals surface area contributed by atoms with Gasteiger partial charge in [-0.05, 0) is 49.3 Å². The zero-order chi connectivity index (χ0) is 14.7. The number of ether oxygens (including phenoxy) is 1. The lowest BCUT2D eigenvalue weighted by Gasteiger charge is -2.33. The van der Waals surface area contributed by atoms with E-state index in [2.05, 4.69) is 18.3 Å². The summed E-state index contributed by atoms with van der Waals surface area (Å²) in [6, 6.07) is 6.27. The van der Waals surface area contributed by atoms with E-state index >= 15 is 0 Å². The molecular formula is C17H24N2O2. The van der Waals surface area contributed by atoms with Crippen LogP contribution in [0.2, 0.25) is 0 Å². The first-order chi connectivity index (χ1) is 10.3. The van der Waals surface area contributed by atoms with Crippen molar-refractivity contribution in [1.82, 2.24) is 4.90 Å². The standard InChI is InChI=1S/C17H24N2O2/c1-2-14-12-19(10-11-21-14)17(20)18-16-9-5-7-13-6-3-4-8-15(13)16/h5,7,9,14H,2-4,6,8,10-12H2,1H3,(H,18,20). The van der Waals surface area contributed by atoms with Gasteiger partial charge in [0.05, 0.1) is 12.7 Å². The lowest BCUT2D eigenvalue weighted by Crippen LogP contribution is -2.47. The monoisotopic (exact) mass is 288 g/mol. The van der Waals surface area contributed by atoms with Gasteiger partial charge in [0.15, 0.2) is 0 Å². The van der Waals surface area contributed by atoms with Crippen molar-refractivity contribution in [2.75, 3.05) is 25.0 Å². The van der Waals surface area contributed by atoms with Crippen LogP contribution in [0.25, 0.3) is 0 Å². The van der Waals surface area contributed by atoms with Crippen molar-refractivity contribution in [3.63, 3.8) is 0 Å². The summed E-state index contributed by atoms with van der Waals surface area (Å²) in [6.07, 6.45) is 5.81. The summed E-state index contributed by atoms with van der Waals surface area (Å²) in [5.74, 6) is 0. The molecule has 1 saturated heterocycles. The van der Waals surface area contributed by atoms with Gasteiger partial charge in [-0.1, -0.05) is 19.1 Å². The summed E-state index contributed by atoms with van der Waals surface area (Å²) < 4.78 is 5.63. The molecule has 2 amide bonds. The number of rotatable bonds is 2. The van der Waals surface area contributed by atoms with E-state index in [1.165, 1.54) is 24.0 Å². The number of aryl methyl sites for hydroxylation is 1. The number of carbonyl (C=O) groups excluding carboxylic acids is 1. The molecule has 2 aliphatic rings. The topological polar surface area (TPSA) is 41.6 Å². The molecule has 0 spiro atoms. The molecule has 114 valence electrons. The number of fused-ring (bicyclic) bond motifs is 1. The van der Waals surface area contributed by atoms with Crippen LogP contribution in [0.5, 0.6) is 0 Å². The molecule has 1 N–H and O–H groups in total. The highest BCUT2D eigenvalue weighted by molar-refractivity contribution is 5.90. The molecule has 4 heteroatoms. The maximum absolute atomic E-state index is 12.5. The number of nitrogens with one attached hydrogen (secondary N) is 1. The molecule has 3 rings (SSSR count). The Kier molecular flexibility index (Phi) is 4.44. The van der Waals surface area contributed by atoms with Gasteiger partial charge in [0.1, 0.15) is 0 Å². The predicted octanol–water partition coefficient (Wildman–Crippen LogP) is 3.21. The highest BCUT2D eigenvalue weighted by atomic mass is 16.5. The van der Waals surface area contributed by atoms with E-state index in [0.717, 1.165) is 24.9 Å². The molecule has 1 fully saturated rings. The Morgan fingerprint density at radius 3 is 3.10 bits per heavy atom. The van der Waals surface area contributed by atoms with Gasteiger partial charge in [0.2, 0.25) is 0 Å². The Morgan fingerprint density at radius 1 is 1.38 bits per heavy atom. The number of amides is 2. The summed E-state index contributed by atoms with van der Waals surface area (Å²) in [7, 11) is 0. The Morgan fingerprint density at radius 2 is 2.24 bits per heavy atom. The van der Waals surface area contributed by atoms with Crippen LogP contribution >= 0.6 is 0 Å². The minimum Gasteiger partial charge on any atom is -0.375 e. The van der Waals surface area contributed by atoms with Crippen molar-refractivity contribution in [1.29, 1.82) is 0 Å². The van der Waals surface area contributed by atoms with Crippen LogP contribution < -0.4 is 5.32 Å².